The Balaban J connectivity index is 2.09. The molecule has 2 rings (SSSR count). The second kappa shape index (κ2) is 6.33. The predicted octanol–water partition coefficient (Wildman–Crippen LogP) is 2.40. The average molecular weight is 294 g/mol. The minimum absolute atomic E-state index is 0.0301. The second-order valence-corrected chi connectivity index (χ2v) is 5.03. The summed E-state index contributed by atoms with van der Waals surface area (Å²) in [6.07, 6.45) is 0.222. The molecule has 0 aromatic carbocycles. The first-order valence-electron chi connectivity index (χ1n) is 6.07. The molecule has 7 heteroatoms. The van der Waals surface area contributed by atoms with Crippen molar-refractivity contribution < 1.29 is 18.8 Å². The summed E-state index contributed by atoms with van der Waals surface area (Å²) in [7, 11) is 0. The van der Waals surface area contributed by atoms with E-state index in [2.05, 4.69) is 10.5 Å². The van der Waals surface area contributed by atoms with E-state index in [4.69, 9.17) is 9.26 Å². The van der Waals surface area contributed by atoms with Crippen LogP contribution in [0.15, 0.2) is 22.0 Å². The lowest BCUT2D eigenvalue weighted by Crippen LogP contribution is -2.16. The molecule has 0 saturated carbocycles. The van der Waals surface area contributed by atoms with Crippen LogP contribution < -0.4 is 5.32 Å². The Morgan fingerprint density at radius 1 is 1.50 bits per heavy atom. The van der Waals surface area contributed by atoms with Crippen LogP contribution in [-0.4, -0.2) is 23.6 Å². The number of nitrogens with one attached hydrogen (secondary N) is 1. The van der Waals surface area contributed by atoms with Crippen molar-refractivity contribution in [2.45, 2.75) is 20.3 Å². The first kappa shape index (κ1) is 14.3. The summed E-state index contributed by atoms with van der Waals surface area (Å²) in [5, 5.41) is 8.12. The Morgan fingerprint density at radius 2 is 2.30 bits per heavy atom. The highest BCUT2D eigenvalue weighted by Crippen LogP contribution is 2.21. The third kappa shape index (κ3) is 3.24. The minimum atomic E-state index is -0.558. The highest BCUT2D eigenvalue weighted by Gasteiger charge is 2.23. The van der Waals surface area contributed by atoms with Crippen molar-refractivity contribution in [2.75, 3.05) is 11.9 Å². The summed E-state index contributed by atoms with van der Waals surface area (Å²) in [5.41, 5.74) is 0.543. The number of thiophene rings is 1. The van der Waals surface area contributed by atoms with E-state index < -0.39 is 5.97 Å². The zero-order chi connectivity index (χ0) is 14.5. The number of anilines is 1. The normalized spacial score (nSPS) is 10.3. The number of aromatic nitrogens is 1. The van der Waals surface area contributed by atoms with Gasteiger partial charge in [0.25, 0.3) is 0 Å². The zero-order valence-corrected chi connectivity index (χ0v) is 12.0. The number of hydrogen-bond donors (Lipinski definition) is 1. The molecule has 2 aromatic heterocycles. The van der Waals surface area contributed by atoms with Gasteiger partial charge in [0, 0.05) is 4.88 Å². The number of ether oxygens (including phenoxy) is 1. The Labute approximate surface area is 119 Å². The van der Waals surface area contributed by atoms with Crippen LogP contribution in [0, 0.1) is 6.92 Å². The topological polar surface area (TPSA) is 81.4 Å². The first-order chi connectivity index (χ1) is 9.61. The van der Waals surface area contributed by atoms with Crippen LogP contribution in [-0.2, 0) is 16.0 Å². The maximum Gasteiger partial charge on any atom is 0.345 e. The van der Waals surface area contributed by atoms with Gasteiger partial charge in [-0.3, -0.25) is 10.1 Å². The molecule has 0 bridgehead atoms. The first-order valence-corrected chi connectivity index (χ1v) is 6.95. The molecule has 0 fully saturated rings. The standard InChI is InChI=1S/C13H14N2O4S/c1-3-18-13(17)11-8(2)15-19-12(11)14-10(16)7-9-5-4-6-20-9/h4-6H,3,7H2,1-2H3,(H,14,16). The molecule has 0 aliphatic heterocycles. The van der Waals surface area contributed by atoms with Crippen molar-refractivity contribution in [3.8, 4) is 0 Å². The van der Waals surface area contributed by atoms with Crippen LogP contribution in [0.5, 0.6) is 0 Å². The van der Waals surface area contributed by atoms with E-state index >= 15 is 0 Å². The van der Waals surface area contributed by atoms with Crippen molar-refractivity contribution in [1.29, 1.82) is 0 Å². The highest BCUT2D eigenvalue weighted by molar-refractivity contribution is 7.10. The molecule has 1 amide bonds. The van der Waals surface area contributed by atoms with Crippen LogP contribution in [0.2, 0.25) is 0 Å². The van der Waals surface area contributed by atoms with Gasteiger partial charge in [-0.15, -0.1) is 11.3 Å². The molecule has 20 heavy (non-hydrogen) atoms. The van der Waals surface area contributed by atoms with Gasteiger partial charge in [0.2, 0.25) is 11.8 Å². The largest absolute Gasteiger partial charge is 0.462 e. The van der Waals surface area contributed by atoms with E-state index in [1.807, 2.05) is 17.5 Å². The number of amides is 1. The van der Waals surface area contributed by atoms with E-state index in [1.54, 1.807) is 13.8 Å². The van der Waals surface area contributed by atoms with Crippen molar-refractivity contribution in [2.24, 2.45) is 0 Å². The van der Waals surface area contributed by atoms with E-state index in [0.29, 0.717) is 5.69 Å². The number of carbonyl (C=O) groups is 2. The number of rotatable bonds is 5. The van der Waals surface area contributed by atoms with Gasteiger partial charge in [0.1, 0.15) is 5.56 Å². The molecule has 2 heterocycles. The molecule has 0 unspecified atom stereocenters. The fourth-order valence-electron chi connectivity index (χ4n) is 1.64. The van der Waals surface area contributed by atoms with Crippen molar-refractivity contribution in [3.05, 3.63) is 33.6 Å². The van der Waals surface area contributed by atoms with Crippen LogP contribution in [0.1, 0.15) is 27.9 Å². The van der Waals surface area contributed by atoms with Gasteiger partial charge in [-0.05, 0) is 25.3 Å². The Kier molecular flexibility index (Phi) is 4.52. The average Bonchev–Trinajstić information content (AvgIpc) is 3.00. The maximum atomic E-state index is 11.9. The highest BCUT2D eigenvalue weighted by atomic mass is 32.1. The number of hydrogen-bond acceptors (Lipinski definition) is 6. The van der Waals surface area contributed by atoms with Gasteiger partial charge < -0.3 is 9.26 Å². The monoisotopic (exact) mass is 294 g/mol. The lowest BCUT2D eigenvalue weighted by atomic mass is 10.2. The molecular formula is C13H14N2O4S. The lowest BCUT2D eigenvalue weighted by Gasteiger charge is -2.03. The fourth-order valence-corrected chi connectivity index (χ4v) is 2.34. The maximum absolute atomic E-state index is 11.9. The van der Waals surface area contributed by atoms with Gasteiger partial charge in [-0.2, -0.15) is 0 Å². The van der Waals surface area contributed by atoms with Crippen LogP contribution in [0.4, 0.5) is 5.88 Å². The summed E-state index contributed by atoms with van der Waals surface area (Å²) in [6, 6.07) is 3.73. The molecule has 0 atom stereocenters. The van der Waals surface area contributed by atoms with Crippen molar-refractivity contribution >= 4 is 29.1 Å². The summed E-state index contributed by atoms with van der Waals surface area (Å²) < 4.78 is 9.88. The Bertz CT molecular complexity index is 604. The predicted molar refractivity (Wildman–Crippen MR) is 73.8 cm³/mol. The fraction of sp³-hybridized carbons (Fsp3) is 0.308. The molecule has 2 aromatic rings. The molecule has 0 aliphatic rings. The lowest BCUT2D eigenvalue weighted by molar-refractivity contribution is -0.115. The van der Waals surface area contributed by atoms with E-state index in [1.165, 1.54) is 11.3 Å². The quantitative estimate of drug-likeness (QED) is 0.856. The van der Waals surface area contributed by atoms with Crippen molar-refractivity contribution in [3.63, 3.8) is 0 Å². The molecule has 6 nitrogen and oxygen atoms in total. The molecule has 1 N–H and O–H groups in total. The third-order valence-electron chi connectivity index (χ3n) is 2.51. The third-order valence-corrected chi connectivity index (χ3v) is 3.39. The van der Waals surface area contributed by atoms with Gasteiger partial charge in [-0.25, -0.2) is 4.79 Å². The molecule has 0 radical (unpaired) electrons. The number of esters is 1. The zero-order valence-electron chi connectivity index (χ0n) is 11.1. The summed E-state index contributed by atoms with van der Waals surface area (Å²) in [5.74, 6) is -0.797. The van der Waals surface area contributed by atoms with Crippen LogP contribution >= 0.6 is 11.3 Å². The van der Waals surface area contributed by atoms with Gasteiger partial charge in [-0.1, -0.05) is 11.2 Å². The number of carbonyl (C=O) groups excluding carboxylic acids is 2. The Hall–Kier alpha value is -2.15. The number of aryl methyl sites for hydroxylation is 1. The number of nitrogens with zero attached hydrogens (tertiary/aromatic N) is 1. The molecule has 106 valence electrons. The molecular weight excluding hydrogens is 280 g/mol. The van der Waals surface area contributed by atoms with Crippen LogP contribution in [0.3, 0.4) is 0 Å². The van der Waals surface area contributed by atoms with Crippen LogP contribution in [0.25, 0.3) is 0 Å². The second-order valence-electron chi connectivity index (χ2n) is 4.00. The minimum Gasteiger partial charge on any atom is -0.462 e. The summed E-state index contributed by atoms with van der Waals surface area (Å²) in [6.45, 7) is 3.56. The SMILES string of the molecule is CCOC(=O)c1c(C)noc1NC(=O)Cc1cccs1. The smallest absolute Gasteiger partial charge is 0.345 e. The summed E-state index contributed by atoms with van der Waals surface area (Å²) >= 11 is 1.49. The van der Waals surface area contributed by atoms with E-state index in [-0.39, 0.29) is 30.4 Å². The van der Waals surface area contributed by atoms with Crippen molar-refractivity contribution in [1.82, 2.24) is 5.16 Å². The molecule has 0 aliphatic carbocycles. The van der Waals surface area contributed by atoms with Gasteiger partial charge in [0.05, 0.1) is 18.7 Å². The van der Waals surface area contributed by atoms with E-state index in [0.717, 1.165) is 4.88 Å². The molecule has 0 saturated heterocycles. The van der Waals surface area contributed by atoms with Gasteiger partial charge >= 0.3 is 5.97 Å². The summed E-state index contributed by atoms with van der Waals surface area (Å²) in [4.78, 5) is 24.6. The van der Waals surface area contributed by atoms with E-state index in [9.17, 15) is 9.59 Å². The Morgan fingerprint density at radius 3 is 2.95 bits per heavy atom. The molecule has 0 spiro atoms. The van der Waals surface area contributed by atoms with Gasteiger partial charge in [0.15, 0.2) is 0 Å².